The number of carbonyl (C=O) groups is 2. The molecule has 26 heavy (non-hydrogen) atoms. The molecule has 0 aliphatic carbocycles. The zero-order valence-corrected chi connectivity index (χ0v) is 14.8. The number of para-hydroxylation sites is 1. The maximum atomic E-state index is 12.7. The molecular weight excluding hydrogens is 346 g/mol. The number of benzene rings is 1. The largest absolute Gasteiger partial charge is 0.462 e. The number of allylic oxidation sites excluding steroid dienone is 1. The topological polar surface area (TPSA) is 76.7 Å². The Kier molecular flexibility index (Phi) is 6.54. The van der Waals surface area contributed by atoms with E-state index in [2.05, 4.69) is 15.4 Å². The molecule has 1 unspecified atom stereocenters. The standard InChI is InChI=1S/C18H22F2N2O4/c1-10(2)8-9-25-16(23)14-11(3)21-18(24)22-15(14)12-6-4-5-7-13(12)26-17(19)20/h4-7,10,15,17H,8-9H2,1-3H3,(H2,21,22,24). The van der Waals surface area contributed by atoms with Crippen LogP contribution < -0.4 is 15.4 Å². The zero-order chi connectivity index (χ0) is 19.3. The second-order valence-electron chi connectivity index (χ2n) is 6.30. The van der Waals surface area contributed by atoms with Crippen LogP contribution in [0.1, 0.15) is 38.8 Å². The number of urea groups is 1. The Bertz CT molecular complexity index is 704. The van der Waals surface area contributed by atoms with Gasteiger partial charge in [-0.2, -0.15) is 8.78 Å². The minimum Gasteiger partial charge on any atom is -0.462 e. The molecule has 1 aromatic rings. The van der Waals surface area contributed by atoms with Gasteiger partial charge in [-0.1, -0.05) is 32.0 Å². The molecule has 1 aromatic carbocycles. The fourth-order valence-electron chi connectivity index (χ4n) is 2.59. The molecule has 6 nitrogen and oxygen atoms in total. The van der Waals surface area contributed by atoms with Gasteiger partial charge in [0, 0.05) is 11.3 Å². The van der Waals surface area contributed by atoms with Crippen LogP contribution in [-0.4, -0.2) is 25.2 Å². The molecular formula is C18H22F2N2O4. The van der Waals surface area contributed by atoms with Gasteiger partial charge in [0.2, 0.25) is 0 Å². The van der Waals surface area contributed by atoms with E-state index in [1.54, 1.807) is 13.0 Å². The second-order valence-corrected chi connectivity index (χ2v) is 6.30. The number of ether oxygens (including phenoxy) is 2. The van der Waals surface area contributed by atoms with E-state index in [0.29, 0.717) is 18.0 Å². The quantitative estimate of drug-likeness (QED) is 0.722. The van der Waals surface area contributed by atoms with E-state index in [4.69, 9.17) is 4.74 Å². The molecule has 8 heteroatoms. The van der Waals surface area contributed by atoms with Gasteiger partial charge >= 0.3 is 18.6 Å². The highest BCUT2D eigenvalue weighted by Crippen LogP contribution is 2.34. The first-order chi connectivity index (χ1) is 12.3. The SMILES string of the molecule is CC1=C(C(=O)OCCC(C)C)C(c2ccccc2OC(F)F)NC(=O)N1. The van der Waals surface area contributed by atoms with Gasteiger partial charge < -0.3 is 20.1 Å². The maximum absolute atomic E-state index is 12.7. The summed E-state index contributed by atoms with van der Waals surface area (Å²) >= 11 is 0. The van der Waals surface area contributed by atoms with E-state index in [1.165, 1.54) is 18.2 Å². The lowest BCUT2D eigenvalue weighted by Gasteiger charge is -2.29. The van der Waals surface area contributed by atoms with Crippen molar-refractivity contribution in [2.45, 2.75) is 39.8 Å². The van der Waals surface area contributed by atoms with Crippen molar-refractivity contribution >= 4 is 12.0 Å². The molecule has 1 atom stereocenters. The first-order valence-electron chi connectivity index (χ1n) is 8.28. The number of alkyl halides is 2. The Balaban J connectivity index is 2.34. The number of carbonyl (C=O) groups excluding carboxylic acids is 2. The Labute approximate surface area is 150 Å². The number of hydrogen-bond donors (Lipinski definition) is 2. The normalized spacial score (nSPS) is 17.2. The van der Waals surface area contributed by atoms with E-state index < -0.39 is 24.7 Å². The summed E-state index contributed by atoms with van der Waals surface area (Å²) in [6, 6.07) is 4.51. The monoisotopic (exact) mass is 368 g/mol. The summed E-state index contributed by atoms with van der Waals surface area (Å²) in [7, 11) is 0. The lowest BCUT2D eigenvalue weighted by molar-refractivity contribution is -0.139. The third-order valence-electron chi connectivity index (χ3n) is 3.86. The van der Waals surface area contributed by atoms with Gasteiger partial charge in [0.15, 0.2) is 0 Å². The van der Waals surface area contributed by atoms with Crippen molar-refractivity contribution in [1.82, 2.24) is 10.6 Å². The van der Waals surface area contributed by atoms with Crippen molar-refractivity contribution < 1.29 is 27.8 Å². The second kappa shape index (κ2) is 8.64. The van der Waals surface area contributed by atoms with Crippen LogP contribution in [0.3, 0.4) is 0 Å². The molecule has 0 radical (unpaired) electrons. The number of hydrogen-bond acceptors (Lipinski definition) is 4. The lowest BCUT2D eigenvalue weighted by Crippen LogP contribution is -2.45. The summed E-state index contributed by atoms with van der Waals surface area (Å²) in [6.07, 6.45) is 0.688. The van der Waals surface area contributed by atoms with E-state index in [0.717, 1.165) is 0 Å². The van der Waals surface area contributed by atoms with Crippen LogP contribution in [0.2, 0.25) is 0 Å². The van der Waals surface area contributed by atoms with Gasteiger partial charge in [-0.25, -0.2) is 9.59 Å². The smallest absolute Gasteiger partial charge is 0.387 e. The molecule has 142 valence electrons. The average Bonchev–Trinajstić information content (AvgIpc) is 2.53. The molecule has 0 aromatic heterocycles. The number of amides is 2. The highest BCUT2D eigenvalue weighted by molar-refractivity contribution is 5.95. The Morgan fingerprint density at radius 3 is 2.62 bits per heavy atom. The van der Waals surface area contributed by atoms with Crippen LogP contribution in [0.5, 0.6) is 5.75 Å². The number of halogens is 2. The Morgan fingerprint density at radius 1 is 1.27 bits per heavy atom. The van der Waals surface area contributed by atoms with Crippen LogP contribution in [0.4, 0.5) is 13.6 Å². The Hall–Kier alpha value is -2.64. The molecule has 0 fully saturated rings. The minimum atomic E-state index is -3.03. The molecule has 2 amide bonds. The lowest BCUT2D eigenvalue weighted by atomic mass is 9.95. The first-order valence-corrected chi connectivity index (χ1v) is 8.28. The van der Waals surface area contributed by atoms with Crippen LogP contribution >= 0.6 is 0 Å². The predicted octanol–water partition coefficient (Wildman–Crippen LogP) is 3.51. The van der Waals surface area contributed by atoms with Gasteiger partial charge in [0.1, 0.15) is 5.75 Å². The fraction of sp³-hybridized carbons (Fsp3) is 0.444. The molecule has 2 N–H and O–H groups in total. The number of rotatable bonds is 7. The van der Waals surface area contributed by atoms with Crippen molar-refractivity contribution in [3.8, 4) is 5.75 Å². The summed E-state index contributed by atoms with van der Waals surface area (Å²) in [4.78, 5) is 24.4. The number of nitrogens with one attached hydrogen (secondary N) is 2. The van der Waals surface area contributed by atoms with E-state index in [1.807, 2.05) is 13.8 Å². The molecule has 2 rings (SSSR count). The van der Waals surface area contributed by atoms with Crippen LogP contribution in [0.25, 0.3) is 0 Å². The van der Waals surface area contributed by atoms with Crippen LogP contribution in [-0.2, 0) is 9.53 Å². The van der Waals surface area contributed by atoms with Gasteiger partial charge in [0.05, 0.1) is 18.2 Å². The summed E-state index contributed by atoms with van der Waals surface area (Å²) in [6.45, 7) is 2.76. The molecule has 1 aliphatic rings. The molecule has 0 saturated heterocycles. The van der Waals surface area contributed by atoms with Gasteiger partial charge in [-0.05, 0) is 25.3 Å². The third kappa shape index (κ3) is 4.93. The highest BCUT2D eigenvalue weighted by atomic mass is 19.3. The van der Waals surface area contributed by atoms with E-state index in [9.17, 15) is 18.4 Å². The Morgan fingerprint density at radius 2 is 1.96 bits per heavy atom. The average molecular weight is 368 g/mol. The van der Waals surface area contributed by atoms with Gasteiger partial charge in [0.25, 0.3) is 0 Å². The van der Waals surface area contributed by atoms with E-state index >= 15 is 0 Å². The van der Waals surface area contributed by atoms with Crippen molar-refractivity contribution in [2.24, 2.45) is 5.92 Å². The number of esters is 1. The minimum absolute atomic E-state index is 0.116. The molecule has 0 spiro atoms. The summed E-state index contributed by atoms with van der Waals surface area (Å²) in [5.41, 5.74) is 0.705. The van der Waals surface area contributed by atoms with Crippen LogP contribution in [0.15, 0.2) is 35.5 Å². The molecule has 1 aliphatic heterocycles. The van der Waals surface area contributed by atoms with Crippen molar-refractivity contribution in [2.75, 3.05) is 6.61 Å². The third-order valence-corrected chi connectivity index (χ3v) is 3.86. The van der Waals surface area contributed by atoms with Crippen LogP contribution in [0, 0.1) is 5.92 Å². The predicted molar refractivity (Wildman–Crippen MR) is 90.6 cm³/mol. The first kappa shape index (κ1) is 19.7. The van der Waals surface area contributed by atoms with Gasteiger partial charge in [-0.3, -0.25) is 0 Å². The summed E-state index contributed by atoms with van der Waals surface area (Å²) in [5.74, 6) is -0.375. The summed E-state index contributed by atoms with van der Waals surface area (Å²) in [5, 5.41) is 5.08. The van der Waals surface area contributed by atoms with E-state index in [-0.39, 0.29) is 23.5 Å². The molecule has 1 heterocycles. The summed E-state index contributed by atoms with van der Waals surface area (Å²) < 4.78 is 35.2. The van der Waals surface area contributed by atoms with Gasteiger partial charge in [-0.15, -0.1) is 0 Å². The van der Waals surface area contributed by atoms with Crippen molar-refractivity contribution in [1.29, 1.82) is 0 Å². The zero-order valence-electron chi connectivity index (χ0n) is 14.8. The maximum Gasteiger partial charge on any atom is 0.387 e. The van der Waals surface area contributed by atoms with Crippen molar-refractivity contribution in [3.05, 3.63) is 41.1 Å². The fourth-order valence-corrected chi connectivity index (χ4v) is 2.59. The molecule has 0 saturated carbocycles. The van der Waals surface area contributed by atoms with Crippen molar-refractivity contribution in [3.63, 3.8) is 0 Å². The molecule has 0 bridgehead atoms. The highest BCUT2D eigenvalue weighted by Gasteiger charge is 2.34.